The van der Waals surface area contributed by atoms with Crippen LogP contribution in [0.15, 0.2) is 48.2 Å². The number of amides is 2. The van der Waals surface area contributed by atoms with Crippen LogP contribution in [0.5, 0.6) is 5.75 Å². The van der Waals surface area contributed by atoms with Crippen LogP contribution < -0.4 is 15.4 Å². The van der Waals surface area contributed by atoms with Gasteiger partial charge in [-0.15, -0.1) is 11.3 Å². The van der Waals surface area contributed by atoms with Gasteiger partial charge >= 0.3 is 0 Å². The van der Waals surface area contributed by atoms with E-state index in [0.717, 1.165) is 0 Å². The van der Waals surface area contributed by atoms with Crippen LogP contribution in [0, 0.1) is 0 Å². The van der Waals surface area contributed by atoms with Crippen LogP contribution in [-0.2, 0) is 11.2 Å². The van der Waals surface area contributed by atoms with Gasteiger partial charge < -0.3 is 10.1 Å². The summed E-state index contributed by atoms with van der Waals surface area (Å²) in [5.74, 6) is 0.0423. The van der Waals surface area contributed by atoms with E-state index in [4.69, 9.17) is 4.74 Å². The summed E-state index contributed by atoms with van der Waals surface area (Å²) in [4.78, 5) is 36.2. The summed E-state index contributed by atoms with van der Waals surface area (Å²) in [6.45, 7) is 0. The van der Waals surface area contributed by atoms with Gasteiger partial charge in [0.15, 0.2) is 5.13 Å². The minimum atomic E-state index is -0.403. The first kappa shape index (κ1) is 17.5. The average molecular weight is 369 g/mol. The number of anilines is 2. The molecule has 0 atom stereocenters. The molecular formula is C17H15N5O3S. The van der Waals surface area contributed by atoms with E-state index in [1.165, 1.54) is 29.9 Å². The van der Waals surface area contributed by atoms with Gasteiger partial charge in [0.1, 0.15) is 11.4 Å². The lowest BCUT2D eigenvalue weighted by Gasteiger charge is -2.06. The molecule has 2 heterocycles. The average Bonchev–Trinajstić information content (AvgIpc) is 3.09. The highest BCUT2D eigenvalue weighted by atomic mass is 32.1. The van der Waals surface area contributed by atoms with Crippen LogP contribution in [-0.4, -0.2) is 33.9 Å². The van der Waals surface area contributed by atoms with Gasteiger partial charge in [0.05, 0.1) is 25.4 Å². The predicted octanol–water partition coefficient (Wildman–Crippen LogP) is 2.38. The monoisotopic (exact) mass is 369 g/mol. The van der Waals surface area contributed by atoms with Crippen molar-refractivity contribution in [2.75, 3.05) is 17.7 Å². The van der Waals surface area contributed by atoms with Crippen molar-refractivity contribution in [2.24, 2.45) is 0 Å². The summed E-state index contributed by atoms with van der Waals surface area (Å²) in [7, 11) is 1.56. The van der Waals surface area contributed by atoms with Gasteiger partial charge in [-0.25, -0.2) is 9.97 Å². The van der Waals surface area contributed by atoms with Gasteiger partial charge in [-0.1, -0.05) is 6.07 Å². The van der Waals surface area contributed by atoms with E-state index in [0.29, 0.717) is 22.3 Å². The van der Waals surface area contributed by atoms with E-state index in [-0.39, 0.29) is 18.0 Å². The fourth-order valence-electron chi connectivity index (χ4n) is 2.09. The SMILES string of the molecule is COc1cccc(NC(=O)Cc2csc(NC(=O)c3cnccn3)n2)c1. The number of nitrogens with one attached hydrogen (secondary N) is 2. The minimum absolute atomic E-state index is 0.0920. The lowest BCUT2D eigenvalue weighted by Crippen LogP contribution is -2.15. The summed E-state index contributed by atoms with van der Waals surface area (Å²) in [6, 6.07) is 7.08. The summed E-state index contributed by atoms with van der Waals surface area (Å²) in [5.41, 5.74) is 1.39. The lowest BCUT2D eigenvalue weighted by molar-refractivity contribution is -0.115. The van der Waals surface area contributed by atoms with Crippen LogP contribution in [0.3, 0.4) is 0 Å². The molecule has 2 aromatic heterocycles. The number of hydrogen-bond donors (Lipinski definition) is 2. The molecule has 3 rings (SSSR count). The molecule has 0 aliphatic heterocycles. The zero-order chi connectivity index (χ0) is 18.4. The van der Waals surface area contributed by atoms with Crippen molar-refractivity contribution in [3.63, 3.8) is 0 Å². The van der Waals surface area contributed by atoms with Crippen molar-refractivity contribution in [2.45, 2.75) is 6.42 Å². The molecule has 9 heteroatoms. The molecule has 0 bridgehead atoms. The normalized spacial score (nSPS) is 10.2. The number of carbonyl (C=O) groups excluding carboxylic acids is 2. The van der Waals surface area contributed by atoms with Crippen molar-refractivity contribution in [1.29, 1.82) is 0 Å². The van der Waals surface area contributed by atoms with Gasteiger partial charge in [0, 0.05) is 29.5 Å². The van der Waals surface area contributed by atoms with Gasteiger partial charge in [-0.05, 0) is 12.1 Å². The summed E-state index contributed by atoms with van der Waals surface area (Å²) in [5, 5.41) is 7.53. The van der Waals surface area contributed by atoms with Crippen LogP contribution in [0.25, 0.3) is 0 Å². The molecule has 1 aromatic carbocycles. The standard InChI is InChI=1S/C17H15N5O3S/c1-25-13-4-2-3-11(7-13)20-15(23)8-12-10-26-17(21-12)22-16(24)14-9-18-5-6-19-14/h2-7,9-10H,8H2,1H3,(H,20,23)(H,21,22,24). The van der Waals surface area contributed by atoms with E-state index < -0.39 is 5.91 Å². The zero-order valence-electron chi connectivity index (χ0n) is 13.8. The largest absolute Gasteiger partial charge is 0.497 e. The van der Waals surface area contributed by atoms with Crippen molar-refractivity contribution in [1.82, 2.24) is 15.0 Å². The van der Waals surface area contributed by atoms with Crippen LogP contribution in [0.4, 0.5) is 10.8 Å². The zero-order valence-corrected chi connectivity index (χ0v) is 14.6. The maximum atomic E-state index is 12.1. The third-order valence-electron chi connectivity index (χ3n) is 3.26. The molecule has 2 amide bonds. The summed E-state index contributed by atoms with van der Waals surface area (Å²) in [6.07, 6.45) is 4.38. The molecule has 2 N–H and O–H groups in total. The molecule has 0 unspecified atom stereocenters. The molecule has 0 aliphatic carbocycles. The Bertz CT molecular complexity index is 914. The molecule has 0 fully saturated rings. The molecular weight excluding hydrogens is 354 g/mol. The highest BCUT2D eigenvalue weighted by Crippen LogP contribution is 2.19. The number of hydrogen-bond acceptors (Lipinski definition) is 7. The smallest absolute Gasteiger partial charge is 0.277 e. The van der Waals surface area contributed by atoms with Crippen molar-refractivity contribution in [3.8, 4) is 5.75 Å². The number of benzene rings is 1. The Labute approximate surface area is 153 Å². The Morgan fingerprint density at radius 3 is 2.88 bits per heavy atom. The summed E-state index contributed by atoms with van der Waals surface area (Å²) < 4.78 is 5.12. The van der Waals surface area contributed by atoms with E-state index in [1.54, 1.807) is 36.8 Å². The predicted molar refractivity (Wildman–Crippen MR) is 97.4 cm³/mol. The van der Waals surface area contributed by atoms with E-state index in [1.807, 2.05) is 0 Å². The minimum Gasteiger partial charge on any atom is -0.497 e. The first-order valence-corrected chi connectivity index (χ1v) is 8.47. The van der Waals surface area contributed by atoms with Crippen LogP contribution >= 0.6 is 11.3 Å². The van der Waals surface area contributed by atoms with Crippen molar-refractivity contribution in [3.05, 3.63) is 59.6 Å². The number of thiazole rings is 1. The molecule has 0 saturated heterocycles. The molecule has 3 aromatic rings. The summed E-state index contributed by atoms with van der Waals surface area (Å²) >= 11 is 1.24. The second-order valence-electron chi connectivity index (χ2n) is 5.15. The maximum absolute atomic E-state index is 12.1. The highest BCUT2D eigenvalue weighted by Gasteiger charge is 2.12. The second kappa shape index (κ2) is 8.17. The molecule has 0 aliphatic rings. The number of rotatable bonds is 6. The van der Waals surface area contributed by atoms with Crippen LogP contribution in [0.1, 0.15) is 16.2 Å². The molecule has 0 saturated carbocycles. The highest BCUT2D eigenvalue weighted by molar-refractivity contribution is 7.14. The molecule has 132 valence electrons. The Morgan fingerprint density at radius 2 is 2.12 bits per heavy atom. The Hall–Kier alpha value is -3.33. The number of carbonyl (C=O) groups is 2. The van der Waals surface area contributed by atoms with Crippen molar-refractivity contribution >= 4 is 34.0 Å². The number of ether oxygens (including phenoxy) is 1. The topological polar surface area (TPSA) is 106 Å². The quantitative estimate of drug-likeness (QED) is 0.691. The van der Waals surface area contributed by atoms with Gasteiger partial charge in [-0.2, -0.15) is 0 Å². The third kappa shape index (κ3) is 4.61. The van der Waals surface area contributed by atoms with E-state index >= 15 is 0 Å². The number of nitrogens with zero attached hydrogens (tertiary/aromatic N) is 3. The van der Waals surface area contributed by atoms with Gasteiger partial charge in [0.25, 0.3) is 5.91 Å². The Balaban J connectivity index is 1.57. The second-order valence-corrected chi connectivity index (χ2v) is 6.00. The van der Waals surface area contributed by atoms with Crippen LogP contribution in [0.2, 0.25) is 0 Å². The van der Waals surface area contributed by atoms with E-state index in [2.05, 4.69) is 25.6 Å². The maximum Gasteiger partial charge on any atom is 0.277 e. The third-order valence-corrected chi connectivity index (χ3v) is 4.07. The fraction of sp³-hybridized carbons (Fsp3) is 0.118. The fourth-order valence-corrected chi connectivity index (χ4v) is 2.80. The first-order chi connectivity index (χ1) is 12.6. The number of methoxy groups -OCH3 is 1. The molecule has 0 spiro atoms. The number of aromatic nitrogens is 3. The lowest BCUT2D eigenvalue weighted by atomic mass is 10.2. The molecule has 0 radical (unpaired) electrons. The van der Waals surface area contributed by atoms with E-state index in [9.17, 15) is 9.59 Å². The Kier molecular flexibility index (Phi) is 5.49. The van der Waals surface area contributed by atoms with Gasteiger partial charge in [-0.3, -0.25) is 19.9 Å². The first-order valence-electron chi connectivity index (χ1n) is 7.60. The Morgan fingerprint density at radius 1 is 1.23 bits per heavy atom. The van der Waals surface area contributed by atoms with Gasteiger partial charge in [0.2, 0.25) is 5.91 Å². The molecule has 26 heavy (non-hydrogen) atoms. The molecule has 8 nitrogen and oxygen atoms in total. The van der Waals surface area contributed by atoms with Crippen molar-refractivity contribution < 1.29 is 14.3 Å².